The van der Waals surface area contributed by atoms with E-state index in [0.717, 1.165) is 5.56 Å². The van der Waals surface area contributed by atoms with Crippen molar-refractivity contribution in [2.24, 2.45) is 0 Å². The van der Waals surface area contributed by atoms with E-state index >= 15 is 0 Å². The summed E-state index contributed by atoms with van der Waals surface area (Å²) < 4.78 is 5.09. The van der Waals surface area contributed by atoms with Crippen molar-refractivity contribution in [3.8, 4) is 5.88 Å². The lowest BCUT2D eigenvalue weighted by molar-refractivity contribution is 0.0945. The van der Waals surface area contributed by atoms with Crippen molar-refractivity contribution in [2.75, 3.05) is 7.11 Å². The molecule has 0 aromatic carbocycles. The van der Waals surface area contributed by atoms with Crippen molar-refractivity contribution in [1.82, 2.24) is 20.3 Å². The molecule has 2 rings (SSSR count). The number of hydrogen-bond donors (Lipinski definition) is 1. The van der Waals surface area contributed by atoms with Crippen LogP contribution in [0.4, 0.5) is 0 Å². The Morgan fingerprint density at radius 1 is 1.47 bits per heavy atom. The number of nitrogens with zero attached hydrogens (tertiary/aromatic N) is 3. The normalized spacial score (nSPS) is 10.0. The highest BCUT2D eigenvalue weighted by atomic mass is 35.5. The van der Waals surface area contributed by atoms with Gasteiger partial charge < -0.3 is 10.1 Å². The Labute approximate surface area is 114 Å². The second-order valence-corrected chi connectivity index (χ2v) is 3.97. The molecule has 2 aromatic heterocycles. The third-order valence-corrected chi connectivity index (χ3v) is 2.50. The van der Waals surface area contributed by atoms with Gasteiger partial charge in [0.05, 0.1) is 19.5 Å². The first kappa shape index (κ1) is 13.2. The van der Waals surface area contributed by atoms with E-state index in [-0.39, 0.29) is 23.3 Å². The summed E-state index contributed by atoms with van der Waals surface area (Å²) in [6.45, 7) is 0.282. The lowest BCUT2D eigenvalue weighted by Crippen LogP contribution is -2.24. The third-order valence-electron chi connectivity index (χ3n) is 2.32. The zero-order valence-electron chi connectivity index (χ0n) is 10.1. The zero-order valence-corrected chi connectivity index (χ0v) is 10.9. The Kier molecular flexibility index (Phi) is 4.25. The quantitative estimate of drug-likeness (QED) is 0.916. The fourth-order valence-corrected chi connectivity index (χ4v) is 1.61. The Balaban J connectivity index is 2.04. The van der Waals surface area contributed by atoms with E-state index < -0.39 is 0 Å². The highest BCUT2D eigenvalue weighted by molar-refractivity contribution is 6.29. The van der Waals surface area contributed by atoms with E-state index in [1.54, 1.807) is 12.3 Å². The lowest BCUT2D eigenvalue weighted by Gasteiger charge is -2.08. The van der Waals surface area contributed by atoms with Crippen molar-refractivity contribution in [3.05, 3.63) is 47.1 Å². The molecule has 1 N–H and O–H groups in total. The Morgan fingerprint density at radius 3 is 3.05 bits per heavy atom. The van der Waals surface area contributed by atoms with Crippen molar-refractivity contribution >= 4 is 17.5 Å². The Hall–Kier alpha value is -2.21. The number of halogens is 1. The smallest absolute Gasteiger partial charge is 0.271 e. The summed E-state index contributed by atoms with van der Waals surface area (Å²) in [6.07, 6.45) is 4.33. The highest BCUT2D eigenvalue weighted by Gasteiger charge is 2.10. The second kappa shape index (κ2) is 6.10. The summed E-state index contributed by atoms with van der Waals surface area (Å²) in [5.74, 6) is 0.112. The number of nitrogens with one attached hydrogen (secondary N) is 1. The van der Waals surface area contributed by atoms with Crippen LogP contribution >= 0.6 is 11.6 Å². The van der Waals surface area contributed by atoms with Crippen molar-refractivity contribution in [3.63, 3.8) is 0 Å². The molecule has 0 aliphatic heterocycles. The first-order valence-corrected chi connectivity index (χ1v) is 5.82. The number of rotatable bonds is 4. The third kappa shape index (κ3) is 3.38. The summed E-state index contributed by atoms with van der Waals surface area (Å²) in [7, 11) is 1.52. The number of pyridine rings is 1. The van der Waals surface area contributed by atoms with Gasteiger partial charge in [-0.2, -0.15) is 0 Å². The predicted molar refractivity (Wildman–Crippen MR) is 69.0 cm³/mol. The van der Waals surface area contributed by atoms with Gasteiger partial charge in [-0.05, 0) is 6.07 Å². The Morgan fingerprint density at radius 2 is 2.32 bits per heavy atom. The molecule has 98 valence electrons. The topological polar surface area (TPSA) is 77.0 Å². The summed E-state index contributed by atoms with van der Waals surface area (Å²) >= 11 is 5.67. The number of hydrogen-bond acceptors (Lipinski definition) is 5. The molecule has 0 aliphatic carbocycles. The van der Waals surface area contributed by atoms with Gasteiger partial charge in [0.1, 0.15) is 10.8 Å². The molecule has 1 amide bonds. The van der Waals surface area contributed by atoms with Gasteiger partial charge in [-0.25, -0.2) is 9.97 Å². The van der Waals surface area contributed by atoms with Crippen LogP contribution in [0.2, 0.25) is 5.15 Å². The van der Waals surface area contributed by atoms with E-state index in [1.807, 2.05) is 6.07 Å². The van der Waals surface area contributed by atoms with Gasteiger partial charge in [0, 0.05) is 18.3 Å². The summed E-state index contributed by atoms with van der Waals surface area (Å²) in [5, 5.41) is 2.87. The summed E-state index contributed by atoms with van der Waals surface area (Å²) in [6, 6.07) is 3.58. The van der Waals surface area contributed by atoms with Crippen molar-refractivity contribution in [2.45, 2.75) is 6.54 Å². The van der Waals surface area contributed by atoms with E-state index in [1.165, 1.54) is 19.5 Å². The molecule has 19 heavy (non-hydrogen) atoms. The van der Waals surface area contributed by atoms with Gasteiger partial charge in [-0.3, -0.25) is 9.78 Å². The average Bonchev–Trinajstić information content (AvgIpc) is 2.45. The van der Waals surface area contributed by atoms with Crippen LogP contribution in [-0.2, 0) is 6.54 Å². The number of carbonyl (C=O) groups is 1. The summed E-state index contributed by atoms with van der Waals surface area (Å²) in [4.78, 5) is 23.5. The van der Waals surface area contributed by atoms with Crippen molar-refractivity contribution < 1.29 is 9.53 Å². The molecule has 7 heteroatoms. The molecule has 0 unspecified atom stereocenters. The van der Waals surface area contributed by atoms with Gasteiger partial charge in [0.25, 0.3) is 5.91 Å². The maximum Gasteiger partial charge on any atom is 0.271 e. The first-order valence-electron chi connectivity index (χ1n) is 5.44. The number of ether oxygens (including phenoxy) is 1. The molecule has 6 nitrogen and oxygen atoms in total. The van der Waals surface area contributed by atoms with Crippen LogP contribution in [0, 0.1) is 0 Å². The van der Waals surface area contributed by atoms with E-state index in [4.69, 9.17) is 16.3 Å². The fourth-order valence-electron chi connectivity index (χ4n) is 1.46. The minimum atomic E-state index is -0.360. The van der Waals surface area contributed by atoms with Crippen LogP contribution in [0.3, 0.4) is 0 Å². The minimum Gasteiger partial charge on any atom is -0.481 e. The standard InChI is InChI=1S/C12H11ClN4O2/c1-19-12-8(3-2-4-15-12)5-16-11(18)9-6-14-7-10(13)17-9/h2-4,6-7H,5H2,1H3,(H,16,18). The molecule has 2 aromatic rings. The monoisotopic (exact) mass is 278 g/mol. The zero-order chi connectivity index (χ0) is 13.7. The van der Waals surface area contributed by atoms with E-state index in [2.05, 4.69) is 20.3 Å². The molecule has 0 fully saturated rings. The molecule has 0 spiro atoms. The van der Waals surface area contributed by atoms with Gasteiger partial charge in [0.15, 0.2) is 0 Å². The number of amides is 1. The molecule has 0 saturated carbocycles. The molecular formula is C12H11ClN4O2. The van der Waals surface area contributed by atoms with Gasteiger partial charge >= 0.3 is 0 Å². The van der Waals surface area contributed by atoms with Crippen LogP contribution in [0.1, 0.15) is 16.1 Å². The molecule has 2 heterocycles. The molecule has 0 bridgehead atoms. The molecule has 0 radical (unpaired) electrons. The predicted octanol–water partition coefficient (Wildman–Crippen LogP) is 1.46. The molecule has 0 atom stereocenters. The van der Waals surface area contributed by atoms with Crippen LogP contribution < -0.4 is 10.1 Å². The summed E-state index contributed by atoms with van der Waals surface area (Å²) in [5.41, 5.74) is 0.934. The average molecular weight is 279 g/mol. The van der Waals surface area contributed by atoms with Crippen LogP contribution in [-0.4, -0.2) is 28.0 Å². The van der Waals surface area contributed by atoms with Crippen LogP contribution in [0.5, 0.6) is 5.88 Å². The molecule has 0 aliphatic rings. The van der Waals surface area contributed by atoms with E-state index in [0.29, 0.717) is 5.88 Å². The maximum atomic E-state index is 11.8. The van der Waals surface area contributed by atoms with E-state index in [9.17, 15) is 4.79 Å². The van der Waals surface area contributed by atoms with Gasteiger partial charge in [-0.15, -0.1) is 0 Å². The fraction of sp³-hybridized carbons (Fsp3) is 0.167. The van der Waals surface area contributed by atoms with Gasteiger partial charge in [0.2, 0.25) is 5.88 Å². The molecular weight excluding hydrogens is 268 g/mol. The number of methoxy groups -OCH3 is 1. The van der Waals surface area contributed by atoms with Crippen molar-refractivity contribution in [1.29, 1.82) is 0 Å². The number of aromatic nitrogens is 3. The SMILES string of the molecule is COc1ncccc1CNC(=O)c1cncc(Cl)n1. The van der Waals surface area contributed by atoms with Gasteiger partial charge in [-0.1, -0.05) is 17.7 Å². The van der Waals surface area contributed by atoms with Crippen LogP contribution in [0.25, 0.3) is 0 Å². The Bertz CT molecular complexity index is 591. The second-order valence-electron chi connectivity index (χ2n) is 3.58. The minimum absolute atomic E-state index is 0.162. The number of carbonyl (C=O) groups excluding carboxylic acids is 1. The first-order chi connectivity index (χ1) is 9.20. The largest absolute Gasteiger partial charge is 0.481 e. The molecule has 0 saturated heterocycles. The highest BCUT2D eigenvalue weighted by Crippen LogP contribution is 2.13. The maximum absolute atomic E-state index is 11.8. The van der Waals surface area contributed by atoms with Crippen LogP contribution in [0.15, 0.2) is 30.7 Å². The lowest BCUT2D eigenvalue weighted by atomic mass is 10.2.